The number of carbonyl (C=O) groups is 1. The summed E-state index contributed by atoms with van der Waals surface area (Å²) in [7, 11) is 0. The van der Waals surface area contributed by atoms with E-state index in [0.717, 1.165) is 32.4 Å². The van der Waals surface area contributed by atoms with Gasteiger partial charge in [-0.05, 0) is 39.2 Å². The number of halogens is 1. The van der Waals surface area contributed by atoms with Crippen molar-refractivity contribution in [1.29, 1.82) is 0 Å². The third-order valence-corrected chi connectivity index (χ3v) is 4.34. The predicted octanol–water partition coefficient (Wildman–Crippen LogP) is 0.844. The molecule has 4 nitrogen and oxygen atoms in total. The molecule has 3 aliphatic rings. The number of hydrogen-bond acceptors (Lipinski definition) is 3. The van der Waals surface area contributed by atoms with Gasteiger partial charge in [0.15, 0.2) is 0 Å². The van der Waals surface area contributed by atoms with Crippen LogP contribution in [-0.2, 0) is 9.53 Å². The fraction of sp³-hybridized carbons (Fsp3) is 0.917. The predicted molar refractivity (Wildman–Crippen MR) is 67.3 cm³/mol. The average Bonchev–Trinajstić information content (AvgIpc) is 2.93. The lowest BCUT2D eigenvalue weighted by atomic mass is 9.87. The maximum atomic E-state index is 12.2. The molecule has 17 heavy (non-hydrogen) atoms. The first-order valence-corrected chi connectivity index (χ1v) is 6.34. The standard InChI is InChI=1S/C12H20N2O2.ClH/c1-12(4-5-13-7-12)11(15)14-9-6-8-2-3-10(9)16-8;/h8-10,13H,2-7H2,1H3,(H,14,15);1H. The molecular weight excluding hydrogens is 240 g/mol. The average molecular weight is 261 g/mol. The summed E-state index contributed by atoms with van der Waals surface area (Å²) in [5.74, 6) is 0.207. The van der Waals surface area contributed by atoms with E-state index in [2.05, 4.69) is 17.6 Å². The number of ether oxygens (including phenoxy) is 1. The molecule has 4 atom stereocenters. The Kier molecular flexibility index (Phi) is 3.66. The number of carbonyl (C=O) groups excluding carboxylic acids is 1. The zero-order chi connectivity index (χ0) is 11.2. The number of fused-ring (bicyclic) bond motifs is 2. The first kappa shape index (κ1) is 13.1. The molecule has 3 saturated heterocycles. The normalized spacial score (nSPS) is 43.5. The maximum absolute atomic E-state index is 12.2. The Balaban J connectivity index is 0.00000108. The van der Waals surface area contributed by atoms with Crippen LogP contribution in [0.2, 0.25) is 0 Å². The smallest absolute Gasteiger partial charge is 0.227 e. The van der Waals surface area contributed by atoms with Crippen molar-refractivity contribution in [1.82, 2.24) is 10.6 Å². The molecule has 0 aromatic heterocycles. The van der Waals surface area contributed by atoms with Gasteiger partial charge in [-0.15, -0.1) is 12.4 Å². The molecule has 3 aliphatic heterocycles. The lowest BCUT2D eigenvalue weighted by Crippen LogP contribution is -2.48. The third kappa shape index (κ3) is 2.30. The van der Waals surface area contributed by atoms with Crippen molar-refractivity contribution >= 4 is 18.3 Å². The lowest BCUT2D eigenvalue weighted by Gasteiger charge is -2.27. The molecular formula is C12H21ClN2O2. The second-order valence-corrected chi connectivity index (χ2v) is 5.68. The molecule has 2 N–H and O–H groups in total. The molecule has 0 aliphatic carbocycles. The molecule has 0 saturated carbocycles. The van der Waals surface area contributed by atoms with Crippen LogP contribution in [0.3, 0.4) is 0 Å². The number of nitrogens with one attached hydrogen (secondary N) is 2. The highest BCUT2D eigenvalue weighted by molar-refractivity contribution is 5.85. The van der Waals surface area contributed by atoms with Crippen molar-refractivity contribution in [3.63, 3.8) is 0 Å². The summed E-state index contributed by atoms with van der Waals surface area (Å²) < 4.78 is 5.75. The highest BCUT2D eigenvalue weighted by Crippen LogP contribution is 2.35. The lowest BCUT2D eigenvalue weighted by molar-refractivity contribution is -0.130. The second-order valence-electron chi connectivity index (χ2n) is 5.68. The Bertz CT molecular complexity index is 305. The molecule has 3 rings (SSSR count). The van der Waals surface area contributed by atoms with E-state index in [-0.39, 0.29) is 35.9 Å². The van der Waals surface area contributed by atoms with Crippen molar-refractivity contribution < 1.29 is 9.53 Å². The Labute approximate surface area is 108 Å². The van der Waals surface area contributed by atoms with Gasteiger partial charge in [0.25, 0.3) is 0 Å². The zero-order valence-corrected chi connectivity index (χ0v) is 11.0. The monoisotopic (exact) mass is 260 g/mol. The van der Waals surface area contributed by atoms with Gasteiger partial charge in [-0.2, -0.15) is 0 Å². The maximum Gasteiger partial charge on any atom is 0.227 e. The van der Waals surface area contributed by atoms with Crippen LogP contribution in [0.4, 0.5) is 0 Å². The molecule has 2 bridgehead atoms. The van der Waals surface area contributed by atoms with Crippen LogP contribution in [0.15, 0.2) is 0 Å². The first-order valence-electron chi connectivity index (χ1n) is 6.34. The number of amides is 1. The summed E-state index contributed by atoms with van der Waals surface area (Å²) in [6.45, 7) is 3.81. The van der Waals surface area contributed by atoms with Crippen LogP contribution >= 0.6 is 12.4 Å². The summed E-state index contributed by atoms with van der Waals surface area (Å²) in [4.78, 5) is 12.2. The summed E-state index contributed by atoms with van der Waals surface area (Å²) in [6.07, 6.45) is 4.94. The Hall–Kier alpha value is -0.320. The van der Waals surface area contributed by atoms with Gasteiger partial charge in [0.2, 0.25) is 5.91 Å². The van der Waals surface area contributed by atoms with Gasteiger partial charge in [-0.1, -0.05) is 0 Å². The molecule has 5 heteroatoms. The highest BCUT2D eigenvalue weighted by atomic mass is 35.5. The zero-order valence-electron chi connectivity index (χ0n) is 10.2. The second kappa shape index (κ2) is 4.75. The minimum atomic E-state index is -0.207. The quantitative estimate of drug-likeness (QED) is 0.774. The first-order chi connectivity index (χ1) is 7.67. The molecule has 1 amide bonds. The van der Waals surface area contributed by atoms with Crippen molar-refractivity contribution in [2.24, 2.45) is 5.41 Å². The Morgan fingerprint density at radius 2 is 2.29 bits per heavy atom. The molecule has 4 unspecified atom stereocenters. The number of rotatable bonds is 2. The topological polar surface area (TPSA) is 50.4 Å². The SMILES string of the molecule is CC1(C(=O)NC2CC3CCC2O3)CCNC1.Cl. The highest BCUT2D eigenvalue weighted by Gasteiger charge is 2.44. The van der Waals surface area contributed by atoms with Crippen molar-refractivity contribution in [3.05, 3.63) is 0 Å². The molecule has 0 aromatic rings. The van der Waals surface area contributed by atoms with Gasteiger partial charge in [0.1, 0.15) is 0 Å². The van der Waals surface area contributed by atoms with E-state index >= 15 is 0 Å². The fourth-order valence-corrected chi connectivity index (χ4v) is 3.14. The van der Waals surface area contributed by atoms with E-state index in [9.17, 15) is 4.79 Å². The fourth-order valence-electron chi connectivity index (χ4n) is 3.14. The van der Waals surface area contributed by atoms with E-state index in [1.165, 1.54) is 6.42 Å². The molecule has 98 valence electrons. The van der Waals surface area contributed by atoms with Crippen molar-refractivity contribution in [2.75, 3.05) is 13.1 Å². The molecule has 0 radical (unpaired) electrons. The summed E-state index contributed by atoms with van der Waals surface area (Å²) in [6, 6.07) is 0.267. The Morgan fingerprint density at radius 3 is 2.82 bits per heavy atom. The molecule has 0 aromatic carbocycles. The summed E-state index contributed by atoms with van der Waals surface area (Å²) in [5.41, 5.74) is -0.207. The van der Waals surface area contributed by atoms with Crippen molar-refractivity contribution in [2.45, 2.75) is 50.9 Å². The van der Waals surface area contributed by atoms with E-state index in [1.807, 2.05) is 0 Å². The minimum Gasteiger partial charge on any atom is -0.373 e. The van der Waals surface area contributed by atoms with Crippen LogP contribution < -0.4 is 10.6 Å². The van der Waals surface area contributed by atoms with Crippen LogP contribution in [-0.4, -0.2) is 37.2 Å². The van der Waals surface area contributed by atoms with Crippen LogP contribution in [0.1, 0.15) is 32.6 Å². The third-order valence-electron chi connectivity index (χ3n) is 4.34. The van der Waals surface area contributed by atoms with E-state index in [4.69, 9.17) is 4.74 Å². The van der Waals surface area contributed by atoms with Gasteiger partial charge in [0, 0.05) is 6.54 Å². The van der Waals surface area contributed by atoms with Gasteiger partial charge in [-0.3, -0.25) is 4.79 Å². The van der Waals surface area contributed by atoms with Gasteiger partial charge >= 0.3 is 0 Å². The largest absolute Gasteiger partial charge is 0.373 e. The summed E-state index contributed by atoms with van der Waals surface area (Å²) >= 11 is 0. The molecule has 0 spiro atoms. The molecule has 3 heterocycles. The van der Waals surface area contributed by atoms with E-state index in [0.29, 0.717) is 6.10 Å². The van der Waals surface area contributed by atoms with Crippen LogP contribution in [0, 0.1) is 5.41 Å². The Morgan fingerprint density at radius 1 is 1.47 bits per heavy atom. The van der Waals surface area contributed by atoms with Crippen molar-refractivity contribution in [3.8, 4) is 0 Å². The number of hydrogen-bond donors (Lipinski definition) is 2. The van der Waals surface area contributed by atoms with Gasteiger partial charge in [0.05, 0.1) is 23.7 Å². The van der Waals surface area contributed by atoms with E-state index in [1.54, 1.807) is 0 Å². The van der Waals surface area contributed by atoms with Crippen LogP contribution in [0.25, 0.3) is 0 Å². The van der Waals surface area contributed by atoms with Crippen LogP contribution in [0.5, 0.6) is 0 Å². The van der Waals surface area contributed by atoms with Gasteiger partial charge < -0.3 is 15.4 Å². The van der Waals surface area contributed by atoms with E-state index < -0.39 is 0 Å². The van der Waals surface area contributed by atoms with Gasteiger partial charge in [-0.25, -0.2) is 0 Å². The summed E-state index contributed by atoms with van der Waals surface area (Å²) in [5, 5.41) is 6.45. The minimum absolute atomic E-state index is 0. The molecule has 3 fully saturated rings.